The number of nitrogens with two attached hydrogens (primary N) is 1. The number of aromatic nitrogens is 2. The predicted molar refractivity (Wildman–Crippen MR) is 62.1 cm³/mol. The van der Waals surface area contributed by atoms with Gasteiger partial charge in [-0.1, -0.05) is 29.4 Å². The van der Waals surface area contributed by atoms with E-state index in [0.717, 1.165) is 12.5 Å². The molecule has 1 atom stereocenters. The Hall–Kier alpha value is -1.89. The second-order valence-corrected chi connectivity index (χ2v) is 4.12. The molecule has 1 aromatic heterocycles. The average molecular weight is 271 g/mol. The summed E-state index contributed by atoms with van der Waals surface area (Å²) in [6.45, 7) is 1.37. The molecule has 1 unspecified atom stereocenters. The van der Waals surface area contributed by atoms with Crippen molar-refractivity contribution in [2.24, 2.45) is 5.73 Å². The van der Waals surface area contributed by atoms with Crippen LogP contribution in [0.4, 0.5) is 13.2 Å². The second kappa shape index (κ2) is 5.00. The summed E-state index contributed by atoms with van der Waals surface area (Å²) < 4.78 is 42.2. The summed E-state index contributed by atoms with van der Waals surface area (Å²) in [5.41, 5.74) is 6.95. The van der Waals surface area contributed by atoms with Crippen LogP contribution in [0.15, 0.2) is 28.8 Å². The number of hydrogen-bond donors (Lipinski definition) is 1. The summed E-state index contributed by atoms with van der Waals surface area (Å²) in [6, 6.07) is 6.90. The molecule has 1 heterocycles. The SMILES string of the molecule is CC(c1nc(-c2ccc(CN)cc2)no1)C(F)(F)F. The van der Waals surface area contributed by atoms with Crippen molar-refractivity contribution in [3.8, 4) is 11.4 Å². The van der Waals surface area contributed by atoms with Crippen molar-refractivity contribution >= 4 is 0 Å². The molecular weight excluding hydrogens is 259 g/mol. The Morgan fingerprint density at radius 3 is 2.42 bits per heavy atom. The van der Waals surface area contributed by atoms with E-state index >= 15 is 0 Å². The molecule has 1 aromatic carbocycles. The molecule has 0 bridgehead atoms. The van der Waals surface area contributed by atoms with Gasteiger partial charge in [0.2, 0.25) is 11.7 Å². The quantitative estimate of drug-likeness (QED) is 0.932. The van der Waals surface area contributed by atoms with E-state index in [2.05, 4.69) is 14.7 Å². The maximum Gasteiger partial charge on any atom is 0.400 e. The maximum atomic E-state index is 12.5. The molecular formula is C12H12F3N3O. The summed E-state index contributed by atoms with van der Waals surface area (Å²) in [5, 5.41) is 3.56. The summed E-state index contributed by atoms with van der Waals surface area (Å²) in [6.07, 6.45) is -4.40. The van der Waals surface area contributed by atoms with Crippen LogP contribution in [0, 0.1) is 0 Å². The van der Waals surface area contributed by atoms with Gasteiger partial charge < -0.3 is 10.3 Å². The molecule has 0 aliphatic carbocycles. The number of rotatable bonds is 3. The molecule has 2 N–H and O–H groups in total. The third-order valence-corrected chi connectivity index (χ3v) is 2.75. The van der Waals surface area contributed by atoms with Crippen molar-refractivity contribution in [3.63, 3.8) is 0 Å². The van der Waals surface area contributed by atoms with Crippen LogP contribution in [0.5, 0.6) is 0 Å². The van der Waals surface area contributed by atoms with Gasteiger partial charge in [-0.25, -0.2) is 0 Å². The second-order valence-electron chi connectivity index (χ2n) is 4.12. The van der Waals surface area contributed by atoms with Gasteiger partial charge in [0.15, 0.2) is 0 Å². The van der Waals surface area contributed by atoms with Gasteiger partial charge in [0.05, 0.1) is 0 Å². The molecule has 0 saturated heterocycles. The molecule has 0 spiro atoms. The van der Waals surface area contributed by atoms with Gasteiger partial charge in [0.1, 0.15) is 5.92 Å². The molecule has 0 fully saturated rings. The van der Waals surface area contributed by atoms with Crippen LogP contribution in [0.1, 0.15) is 24.3 Å². The van der Waals surface area contributed by atoms with E-state index in [1.54, 1.807) is 24.3 Å². The minimum absolute atomic E-state index is 0.134. The first-order valence-electron chi connectivity index (χ1n) is 5.61. The van der Waals surface area contributed by atoms with Crippen molar-refractivity contribution in [1.29, 1.82) is 0 Å². The Morgan fingerprint density at radius 1 is 1.26 bits per heavy atom. The average Bonchev–Trinajstić information content (AvgIpc) is 2.86. The lowest BCUT2D eigenvalue weighted by Crippen LogP contribution is -2.17. The molecule has 2 rings (SSSR count). The van der Waals surface area contributed by atoms with Crippen LogP contribution in [-0.4, -0.2) is 16.3 Å². The van der Waals surface area contributed by atoms with Crippen molar-refractivity contribution in [1.82, 2.24) is 10.1 Å². The van der Waals surface area contributed by atoms with Gasteiger partial charge in [-0.3, -0.25) is 0 Å². The summed E-state index contributed by atoms with van der Waals surface area (Å²) in [5.74, 6) is -2.09. The molecule has 0 amide bonds. The lowest BCUT2D eigenvalue weighted by atomic mass is 10.1. The zero-order chi connectivity index (χ0) is 14.0. The summed E-state index contributed by atoms with van der Waals surface area (Å²) in [4.78, 5) is 3.77. The highest BCUT2D eigenvalue weighted by Gasteiger charge is 2.41. The fourth-order valence-electron chi connectivity index (χ4n) is 1.46. The largest absolute Gasteiger partial charge is 0.400 e. The smallest absolute Gasteiger partial charge is 0.338 e. The first-order valence-corrected chi connectivity index (χ1v) is 5.61. The minimum Gasteiger partial charge on any atom is -0.338 e. The molecule has 102 valence electrons. The van der Waals surface area contributed by atoms with Crippen LogP contribution in [0.2, 0.25) is 0 Å². The first kappa shape index (κ1) is 13.5. The van der Waals surface area contributed by atoms with E-state index in [1.165, 1.54) is 0 Å². The van der Waals surface area contributed by atoms with Crippen LogP contribution in [0.3, 0.4) is 0 Å². The topological polar surface area (TPSA) is 64.9 Å². The summed E-state index contributed by atoms with van der Waals surface area (Å²) >= 11 is 0. The highest BCUT2D eigenvalue weighted by Crippen LogP contribution is 2.34. The monoisotopic (exact) mass is 271 g/mol. The third kappa shape index (κ3) is 2.93. The predicted octanol–water partition coefficient (Wildman–Crippen LogP) is 2.86. The molecule has 0 radical (unpaired) electrons. The lowest BCUT2D eigenvalue weighted by Gasteiger charge is -2.09. The maximum absolute atomic E-state index is 12.5. The zero-order valence-corrected chi connectivity index (χ0v) is 10.1. The molecule has 0 aliphatic heterocycles. The van der Waals surface area contributed by atoms with Gasteiger partial charge in [0, 0.05) is 12.1 Å². The number of nitrogens with zero attached hydrogens (tertiary/aromatic N) is 2. The van der Waals surface area contributed by atoms with Gasteiger partial charge >= 0.3 is 6.18 Å². The molecule has 0 aliphatic rings. The van der Waals surface area contributed by atoms with E-state index < -0.39 is 18.0 Å². The molecule has 4 nitrogen and oxygen atoms in total. The number of hydrogen-bond acceptors (Lipinski definition) is 4. The Kier molecular flexibility index (Phi) is 3.57. The molecule has 19 heavy (non-hydrogen) atoms. The number of benzene rings is 1. The van der Waals surface area contributed by atoms with Crippen LogP contribution in [0.25, 0.3) is 11.4 Å². The first-order chi connectivity index (χ1) is 8.91. The Bertz CT molecular complexity index is 548. The van der Waals surface area contributed by atoms with E-state index in [4.69, 9.17) is 5.73 Å². The van der Waals surface area contributed by atoms with Crippen LogP contribution >= 0.6 is 0 Å². The van der Waals surface area contributed by atoms with Crippen molar-refractivity contribution in [2.75, 3.05) is 0 Å². The number of alkyl halides is 3. The fraction of sp³-hybridized carbons (Fsp3) is 0.333. The fourth-order valence-corrected chi connectivity index (χ4v) is 1.46. The van der Waals surface area contributed by atoms with Gasteiger partial charge in [-0.05, 0) is 12.5 Å². The number of halogens is 3. The van der Waals surface area contributed by atoms with E-state index in [1.807, 2.05) is 0 Å². The van der Waals surface area contributed by atoms with Crippen LogP contribution in [-0.2, 0) is 6.54 Å². The highest BCUT2D eigenvalue weighted by atomic mass is 19.4. The highest BCUT2D eigenvalue weighted by molar-refractivity contribution is 5.54. The minimum atomic E-state index is -4.40. The van der Waals surface area contributed by atoms with Gasteiger partial charge in [-0.2, -0.15) is 18.2 Å². The molecule has 2 aromatic rings. The van der Waals surface area contributed by atoms with Gasteiger partial charge in [-0.15, -0.1) is 0 Å². The summed E-state index contributed by atoms with van der Waals surface area (Å²) in [7, 11) is 0. The standard InChI is InChI=1S/C12H12F3N3O/c1-7(12(13,14)15)11-17-10(18-19-11)9-4-2-8(6-16)3-5-9/h2-5,7H,6,16H2,1H3. The van der Waals surface area contributed by atoms with Crippen LogP contribution < -0.4 is 5.73 Å². The normalized spacial score (nSPS) is 13.5. The molecule has 0 saturated carbocycles. The molecule has 7 heteroatoms. The van der Waals surface area contributed by atoms with Crippen molar-refractivity contribution < 1.29 is 17.7 Å². The Labute approximate surface area is 107 Å². The van der Waals surface area contributed by atoms with Gasteiger partial charge in [0.25, 0.3) is 0 Å². The van der Waals surface area contributed by atoms with E-state index in [-0.39, 0.29) is 5.82 Å². The lowest BCUT2D eigenvalue weighted by molar-refractivity contribution is -0.151. The third-order valence-electron chi connectivity index (χ3n) is 2.75. The van der Waals surface area contributed by atoms with E-state index in [9.17, 15) is 13.2 Å². The zero-order valence-electron chi connectivity index (χ0n) is 10.1. The van der Waals surface area contributed by atoms with Crippen molar-refractivity contribution in [3.05, 3.63) is 35.7 Å². The van der Waals surface area contributed by atoms with Crippen molar-refractivity contribution in [2.45, 2.75) is 25.6 Å². The van der Waals surface area contributed by atoms with E-state index in [0.29, 0.717) is 12.1 Å². The Balaban J connectivity index is 2.25. The Morgan fingerprint density at radius 2 is 1.89 bits per heavy atom.